The maximum absolute atomic E-state index is 13.2. The van der Waals surface area contributed by atoms with Crippen molar-refractivity contribution in [2.24, 2.45) is 11.3 Å². The van der Waals surface area contributed by atoms with Gasteiger partial charge in [0.25, 0.3) is 5.91 Å². The Morgan fingerprint density at radius 2 is 2.23 bits per heavy atom. The van der Waals surface area contributed by atoms with Gasteiger partial charge in [0.05, 0.1) is 37.0 Å². The molecule has 31 heavy (non-hydrogen) atoms. The Hall–Kier alpha value is -2.50. The minimum absolute atomic E-state index is 0.157. The number of H-pyrrole nitrogens is 1. The second-order valence-corrected chi connectivity index (χ2v) is 9.78. The number of nitrogens with zero attached hydrogens (tertiary/aromatic N) is 3. The van der Waals surface area contributed by atoms with E-state index in [0.717, 1.165) is 56.7 Å². The third-order valence-electron chi connectivity index (χ3n) is 7.58. The van der Waals surface area contributed by atoms with Crippen molar-refractivity contribution in [1.29, 1.82) is 0 Å². The molecule has 2 atom stereocenters. The highest BCUT2D eigenvalue weighted by Crippen LogP contribution is 2.48. The lowest BCUT2D eigenvalue weighted by atomic mass is 9.66. The highest BCUT2D eigenvalue weighted by atomic mass is 16.5. The second kappa shape index (κ2) is 8.56. The lowest BCUT2D eigenvalue weighted by Crippen LogP contribution is -2.39. The monoisotopic (exact) mass is 422 g/mol. The van der Waals surface area contributed by atoms with E-state index in [1.54, 1.807) is 18.2 Å². The molecule has 0 radical (unpaired) electrons. The topological polar surface area (TPSA) is 61.5 Å². The van der Waals surface area contributed by atoms with Crippen molar-refractivity contribution in [1.82, 2.24) is 19.8 Å². The SMILES string of the molecule is CC1(C2=CCCCC2)CC=C2C(CN(C(=O)C3=COCC3)CCN2Cc2cnc[nH]2)C1. The van der Waals surface area contributed by atoms with Gasteiger partial charge in [-0.25, -0.2) is 4.98 Å². The molecule has 0 spiro atoms. The first kappa shape index (κ1) is 20.4. The predicted molar refractivity (Wildman–Crippen MR) is 120 cm³/mol. The number of imidazole rings is 1. The molecule has 1 fully saturated rings. The first-order valence-electron chi connectivity index (χ1n) is 11.8. The van der Waals surface area contributed by atoms with Crippen LogP contribution in [0.4, 0.5) is 0 Å². The minimum Gasteiger partial charge on any atom is -0.500 e. The van der Waals surface area contributed by atoms with Crippen LogP contribution in [0.5, 0.6) is 0 Å². The number of hydrogen-bond donors (Lipinski definition) is 1. The number of carbonyl (C=O) groups excluding carboxylic acids is 1. The largest absolute Gasteiger partial charge is 0.500 e. The molecule has 6 heteroatoms. The van der Waals surface area contributed by atoms with E-state index >= 15 is 0 Å². The summed E-state index contributed by atoms with van der Waals surface area (Å²) in [7, 11) is 0. The maximum atomic E-state index is 13.2. The van der Waals surface area contributed by atoms with Crippen molar-refractivity contribution in [2.45, 2.75) is 58.4 Å². The molecule has 1 aromatic rings. The van der Waals surface area contributed by atoms with Gasteiger partial charge < -0.3 is 19.5 Å². The van der Waals surface area contributed by atoms with Crippen molar-refractivity contribution >= 4 is 5.91 Å². The van der Waals surface area contributed by atoms with Crippen LogP contribution in [0.15, 0.2) is 47.8 Å². The number of fused-ring (bicyclic) bond motifs is 1. The summed E-state index contributed by atoms with van der Waals surface area (Å²) in [6.07, 6.45) is 18.3. The zero-order valence-corrected chi connectivity index (χ0v) is 18.6. The van der Waals surface area contributed by atoms with Crippen LogP contribution in [0.25, 0.3) is 0 Å². The molecule has 1 amide bonds. The molecule has 2 aliphatic heterocycles. The molecule has 1 N–H and O–H groups in total. The number of rotatable bonds is 4. The molecule has 4 aliphatic rings. The highest BCUT2D eigenvalue weighted by Gasteiger charge is 2.40. The van der Waals surface area contributed by atoms with Crippen molar-refractivity contribution in [2.75, 3.05) is 26.2 Å². The number of aromatic nitrogens is 2. The third kappa shape index (κ3) is 4.17. The van der Waals surface area contributed by atoms with Crippen LogP contribution in [0.2, 0.25) is 0 Å². The number of allylic oxidation sites excluding steroid dienone is 3. The summed E-state index contributed by atoms with van der Waals surface area (Å²) in [5.41, 5.74) is 5.21. The summed E-state index contributed by atoms with van der Waals surface area (Å²) in [5, 5.41) is 0. The van der Waals surface area contributed by atoms with Gasteiger partial charge in [-0.3, -0.25) is 4.79 Å². The van der Waals surface area contributed by atoms with E-state index in [1.807, 2.05) is 6.20 Å². The maximum Gasteiger partial charge on any atom is 0.253 e. The molecule has 166 valence electrons. The van der Waals surface area contributed by atoms with Gasteiger partial charge in [0.15, 0.2) is 0 Å². The Morgan fingerprint density at radius 3 is 2.97 bits per heavy atom. The summed E-state index contributed by atoms with van der Waals surface area (Å²) in [5.74, 6) is 0.517. The van der Waals surface area contributed by atoms with Crippen molar-refractivity contribution in [3.05, 3.63) is 53.5 Å². The smallest absolute Gasteiger partial charge is 0.253 e. The first-order chi connectivity index (χ1) is 15.1. The molecule has 2 unspecified atom stereocenters. The van der Waals surface area contributed by atoms with E-state index < -0.39 is 0 Å². The number of amides is 1. The van der Waals surface area contributed by atoms with Gasteiger partial charge in [0.2, 0.25) is 0 Å². The summed E-state index contributed by atoms with van der Waals surface area (Å²) >= 11 is 0. The van der Waals surface area contributed by atoms with Crippen LogP contribution in [-0.2, 0) is 16.1 Å². The third-order valence-corrected chi connectivity index (χ3v) is 7.58. The Morgan fingerprint density at radius 1 is 1.29 bits per heavy atom. The van der Waals surface area contributed by atoms with Crippen molar-refractivity contribution < 1.29 is 9.53 Å². The van der Waals surface area contributed by atoms with Crippen molar-refractivity contribution in [3.8, 4) is 0 Å². The zero-order valence-electron chi connectivity index (χ0n) is 18.6. The minimum atomic E-state index is 0.157. The van der Waals surface area contributed by atoms with Crippen LogP contribution in [0, 0.1) is 11.3 Å². The number of ether oxygens (including phenoxy) is 1. The van der Waals surface area contributed by atoms with Gasteiger partial charge >= 0.3 is 0 Å². The van der Waals surface area contributed by atoms with E-state index in [-0.39, 0.29) is 11.3 Å². The molecule has 1 aromatic heterocycles. The van der Waals surface area contributed by atoms with Gasteiger partial charge in [0.1, 0.15) is 0 Å². The summed E-state index contributed by atoms with van der Waals surface area (Å²) in [6.45, 7) is 6.28. The molecular formula is C25H34N4O2. The lowest BCUT2D eigenvalue weighted by Gasteiger charge is -2.43. The molecule has 6 nitrogen and oxygen atoms in total. The van der Waals surface area contributed by atoms with Crippen LogP contribution in [0.1, 0.15) is 57.6 Å². The average molecular weight is 423 g/mol. The van der Waals surface area contributed by atoms with E-state index in [2.05, 4.69) is 38.8 Å². The van der Waals surface area contributed by atoms with Crippen LogP contribution < -0.4 is 0 Å². The molecule has 0 saturated carbocycles. The number of hydrogen-bond acceptors (Lipinski definition) is 4. The van der Waals surface area contributed by atoms with E-state index in [9.17, 15) is 4.79 Å². The molecule has 1 saturated heterocycles. The highest BCUT2D eigenvalue weighted by molar-refractivity contribution is 5.93. The first-order valence-corrected chi connectivity index (χ1v) is 11.8. The van der Waals surface area contributed by atoms with E-state index in [0.29, 0.717) is 12.5 Å². The van der Waals surface area contributed by atoms with Crippen LogP contribution in [-0.4, -0.2) is 51.9 Å². The van der Waals surface area contributed by atoms with Gasteiger partial charge in [-0.15, -0.1) is 0 Å². The molecule has 0 bridgehead atoms. The zero-order chi connectivity index (χ0) is 21.3. The average Bonchev–Trinajstić information content (AvgIpc) is 3.48. The van der Waals surface area contributed by atoms with Crippen LogP contribution >= 0.6 is 0 Å². The summed E-state index contributed by atoms with van der Waals surface area (Å²) in [6, 6.07) is 0. The number of carbonyl (C=O) groups is 1. The number of nitrogens with one attached hydrogen (secondary N) is 1. The van der Waals surface area contributed by atoms with Gasteiger partial charge in [0, 0.05) is 43.9 Å². The molecule has 2 aliphatic carbocycles. The fourth-order valence-electron chi connectivity index (χ4n) is 5.83. The van der Waals surface area contributed by atoms with Gasteiger partial charge in [-0.2, -0.15) is 0 Å². The van der Waals surface area contributed by atoms with Crippen LogP contribution in [0.3, 0.4) is 0 Å². The van der Waals surface area contributed by atoms with Gasteiger partial charge in [-0.1, -0.05) is 24.6 Å². The fourth-order valence-corrected chi connectivity index (χ4v) is 5.83. The lowest BCUT2D eigenvalue weighted by molar-refractivity contribution is -0.127. The molecule has 0 aromatic carbocycles. The second-order valence-electron chi connectivity index (χ2n) is 9.78. The normalized spacial score (nSPS) is 28.8. The molecule has 5 rings (SSSR count). The Kier molecular flexibility index (Phi) is 5.63. The summed E-state index contributed by atoms with van der Waals surface area (Å²) < 4.78 is 5.36. The summed E-state index contributed by atoms with van der Waals surface area (Å²) in [4.78, 5) is 25.2. The number of aromatic amines is 1. The van der Waals surface area contributed by atoms with E-state index in [1.165, 1.54) is 31.4 Å². The van der Waals surface area contributed by atoms with Gasteiger partial charge in [-0.05, 0) is 43.9 Å². The molecule has 3 heterocycles. The van der Waals surface area contributed by atoms with E-state index in [4.69, 9.17) is 4.74 Å². The predicted octanol–water partition coefficient (Wildman–Crippen LogP) is 4.16. The molecular weight excluding hydrogens is 388 g/mol. The Bertz CT molecular complexity index is 901. The Balaban J connectivity index is 1.42. The standard InChI is InChI=1S/C25H34N4O2/c1-25(21-5-3-2-4-6-21)9-7-23-20(13-25)15-29(24(30)19-8-12-31-17-19)11-10-28(23)16-22-14-26-18-27-22/h5,7,14,17-18,20H,2-4,6,8-13,15-16H2,1H3,(H,26,27). The fraction of sp³-hybridized carbons (Fsp3) is 0.600. The quantitative estimate of drug-likeness (QED) is 0.740. The van der Waals surface area contributed by atoms with Crippen molar-refractivity contribution in [3.63, 3.8) is 0 Å². The Labute approximate surface area is 185 Å².